The second-order valence-corrected chi connectivity index (χ2v) is 8.26. The highest BCUT2D eigenvalue weighted by molar-refractivity contribution is 6.32. The van der Waals surface area contributed by atoms with Gasteiger partial charge in [-0.2, -0.15) is 0 Å². The number of rotatable bonds is 7. The van der Waals surface area contributed by atoms with Crippen molar-refractivity contribution in [3.05, 3.63) is 59.7 Å². The summed E-state index contributed by atoms with van der Waals surface area (Å²) in [6.45, 7) is 5.90. The number of hydrogen-bond donors (Lipinski definition) is 2. The third-order valence-electron chi connectivity index (χ3n) is 5.52. The summed E-state index contributed by atoms with van der Waals surface area (Å²) in [7, 11) is 0. The fourth-order valence-electron chi connectivity index (χ4n) is 3.59. The Labute approximate surface area is 183 Å². The number of piperidine rings is 1. The molecule has 6 heteroatoms. The molecule has 1 heterocycles. The number of amides is 2. The molecule has 0 saturated carbocycles. The van der Waals surface area contributed by atoms with Crippen molar-refractivity contribution in [2.45, 2.75) is 50.9 Å². The Bertz CT molecular complexity index is 866. The Kier molecular flexibility index (Phi) is 7.75. The lowest BCUT2D eigenvalue weighted by Gasteiger charge is -2.31. The summed E-state index contributed by atoms with van der Waals surface area (Å²) in [5, 5.41) is 5.11. The zero-order valence-electron chi connectivity index (χ0n) is 17.7. The average Bonchev–Trinajstić information content (AvgIpc) is 2.79. The minimum atomic E-state index is -0.801. The van der Waals surface area contributed by atoms with Crippen LogP contribution in [-0.2, 0) is 4.79 Å². The van der Waals surface area contributed by atoms with Crippen LogP contribution in [0.4, 0.5) is 11.4 Å². The van der Waals surface area contributed by atoms with Gasteiger partial charge < -0.3 is 15.5 Å². The molecule has 30 heavy (non-hydrogen) atoms. The van der Waals surface area contributed by atoms with Gasteiger partial charge in [0.05, 0.1) is 5.56 Å². The molecular weight excluding hydrogens is 398 g/mol. The lowest BCUT2D eigenvalue weighted by Crippen LogP contribution is -2.35. The summed E-state index contributed by atoms with van der Waals surface area (Å²) in [6, 6.07) is 14.8. The Morgan fingerprint density at radius 1 is 1.07 bits per heavy atom. The lowest BCUT2D eigenvalue weighted by molar-refractivity contribution is -0.116. The van der Waals surface area contributed by atoms with Gasteiger partial charge in [-0.25, -0.2) is 0 Å². The normalized spacial score (nSPS) is 15.9. The van der Waals surface area contributed by atoms with Gasteiger partial charge in [-0.3, -0.25) is 9.59 Å². The number of nitrogens with zero attached hydrogens (tertiary/aromatic N) is 1. The molecule has 0 radical (unpaired) electrons. The van der Waals surface area contributed by atoms with E-state index in [4.69, 9.17) is 11.6 Å². The fourth-order valence-corrected chi connectivity index (χ4v) is 3.79. The number of carbonyl (C=O) groups is 2. The van der Waals surface area contributed by atoms with Crippen LogP contribution in [0.15, 0.2) is 48.5 Å². The lowest BCUT2D eigenvalue weighted by atomic mass is 10.0. The van der Waals surface area contributed by atoms with Gasteiger partial charge in [-0.05, 0) is 56.4 Å². The van der Waals surface area contributed by atoms with Gasteiger partial charge in [0.1, 0.15) is 5.38 Å². The van der Waals surface area contributed by atoms with E-state index in [0.717, 1.165) is 43.6 Å². The van der Waals surface area contributed by atoms with E-state index in [1.165, 1.54) is 6.42 Å². The van der Waals surface area contributed by atoms with E-state index >= 15 is 0 Å². The SMILES string of the molecule is CC[C@@H](C)NC(=O)c1cc(NC(=O)[C@@H](Cl)c2ccccc2)ccc1N1CCCCC1. The maximum atomic E-state index is 13.0. The van der Waals surface area contributed by atoms with E-state index in [2.05, 4.69) is 15.5 Å². The summed E-state index contributed by atoms with van der Waals surface area (Å²) in [4.78, 5) is 27.9. The van der Waals surface area contributed by atoms with E-state index in [-0.39, 0.29) is 17.9 Å². The van der Waals surface area contributed by atoms with Gasteiger partial charge in [-0.1, -0.05) is 37.3 Å². The van der Waals surface area contributed by atoms with E-state index < -0.39 is 5.38 Å². The van der Waals surface area contributed by atoms with Crippen LogP contribution in [0.25, 0.3) is 0 Å². The monoisotopic (exact) mass is 427 g/mol. The molecule has 1 aliphatic heterocycles. The van der Waals surface area contributed by atoms with Crippen LogP contribution in [0, 0.1) is 0 Å². The maximum absolute atomic E-state index is 13.0. The smallest absolute Gasteiger partial charge is 0.253 e. The molecule has 0 aliphatic carbocycles. The first-order valence-electron chi connectivity index (χ1n) is 10.7. The van der Waals surface area contributed by atoms with E-state index in [0.29, 0.717) is 11.3 Å². The highest BCUT2D eigenvalue weighted by atomic mass is 35.5. The third-order valence-corrected chi connectivity index (χ3v) is 5.97. The largest absolute Gasteiger partial charge is 0.371 e. The van der Waals surface area contributed by atoms with Gasteiger partial charge in [-0.15, -0.1) is 11.6 Å². The zero-order valence-corrected chi connectivity index (χ0v) is 18.4. The van der Waals surface area contributed by atoms with Crippen LogP contribution < -0.4 is 15.5 Å². The first kappa shape index (κ1) is 22.2. The Balaban J connectivity index is 1.83. The van der Waals surface area contributed by atoms with Crippen LogP contribution >= 0.6 is 11.6 Å². The van der Waals surface area contributed by atoms with Crippen LogP contribution in [0.1, 0.15) is 60.8 Å². The van der Waals surface area contributed by atoms with Crippen molar-refractivity contribution in [1.82, 2.24) is 5.32 Å². The van der Waals surface area contributed by atoms with Crippen molar-refractivity contribution < 1.29 is 9.59 Å². The number of benzene rings is 2. The molecule has 2 aromatic carbocycles. The minimum Gasteiger partial charge on any atom is -0.371 e. The first-order chi connectivity index (χ1) is 14.5. The predicted octanol–water partition coefficient (Wildman–Crippen LogP) is 5.12. The minimum absolute atomic E-state index is 0.0789. The average molecular weight is 428 g/mol. The molecule has 0 unspecified atom stereocenters. The molecule has 160 valence electrons. The number of nitrogens with one attached hydrogen (secondary N) is 2. The molecule has 0 spiro atoms. The molecular formula is C24H30ClN3O2. The maximum Gasteiger partial charge on any atom is 0.253 e. The molecule has 3 rings (SSSR count). The molecule has 2 atom stereocenters. The van der Waals surface area contributed by atoms with E-state index in [1.54, 1.807) is 6.07 Å². The van der Waals surface area contributed by atoms with Crippen LogP contribution in [-0.4, -0.2) is 30.9 Å². The summed E-state index contributed by atoms with van der Waals surface area (Å²) < 4.78 is 0. The predicted molar refractivity (Wildman–Crippen MR) is 123 cm³/mol. The van der Waals surface area contributed by atoms with Gasteiger partial charge in [0.2, 0.25) is 5.91 Å². The molecule has 1 saturated heterocycles. The van der Waals surface area contributed by atoms with Crippen molar-refractivity contribution in [3.63, 3.8) is 0 Å². The van der Waals surface area contributed by atoms with Gasteiger partial charge in [0.25, 0.3) is 5.91 Å². The van der Waals surface area contributed by atoms with Crippen molar-refractivity contribution >= 4 is 34.8 Å². The molecule has 0 aromatic heterocycles. The van der Waals surface area contributed by atoms with Crippen LogP contribution in [0.3, 0.4) is 0 Å². The van der Waals surface area contributed by atoms with Crippen molar-refractivity contribution in [3.8, 4) is 0 Å². The van der Waals surface area contributed by atoms with Crippen molar-refractivity contribution in [2.75, 3.05) is 23.3 Å². The molecule has 5 nitrogen and oxygen atoms in total. The summed E-state index contributed by atoms with van der Waals surface area (Å²) in [5.41, 5.74) is 2.80. The second kappa shape index (κ2) is 10.5. The number of alkyl halides is 1. The number of hydrogen-bond acceptors (Lipinski definition) is 3. The number of carbonyl (C=O) groups excluding carboxylic acids is 2. The molecule has 2 N–H and O–H groups in total. The van der Waals surface area contributed by atoms with Gasteiger partial charge >= 0.3 is 0 Å². The zero-order chi connectivity index (χ0) is 21.5. The fraction of sp³-hybridized carbons (Fsp3) is 0.417. The number of halogens is 1. The topological polar surface area (TPSA) is 61.4 Å². The quantitative estimate of drug-likeness (QED) is 0.602. The Hall–Kier alpha value is -2.53. The second-order valence-electron chi connectivity index (χ2n) is 7.82. The summed E-state index contributed by atoms with van der Waals surface area (Å²) in [6.07, 6.45) is 4.31. The third kappa shape index (κ3) is 5.54. The Morgan fingerprint density at radius 3 is 2.43 bits per heavy atom. The van der Waals surface area contributed by atoms with Crippen molar-refractivity contribution in [2.24, 2.45) is 0 Å². The highest BCUT2D eigenvalue weighted by Crippen LogP contribution is 2.29. The molecule has 1 aliphatic rings. The molecule has 1 fully saturated rings. The number of anilines is 2. The highest BCUT2D eigenvalue weighted by Gasteiger charge is 2.22. The van der Waals surface area contributed by atoms with Gasteiger partial charge in [0, 0.05) is 30.5 Å². The van der Waals surface area contributed by atoms with Crippen molar-refractivity contribution in [1.29, 1.82) is 0 Å². The molecule has 2 aromatic rings. The van der Waals surface area contributed by atoms with Crippen LogP contribution in [0.5, 0.6) is 0 Å². The summed E-state index contributed by atoms with van der Waals surface area (Å²) in [5.74, 6) is -0.437. The Morgan fingerprint density at radius 2 is 1.77 bits per heavy atom. The van der Waals surface area contributed by atoms with E-state index in [1.807, 2.05) is 56.3 Å². The van der Waals surface area contributed by atoms with E-state index in [9.17, 15) is 9.59 Å². The molecule has 0 bridgehead atoms. The first-order valence-corrected chi connectivity index (χ1v) is 11.1. The van der Waals surface area contributed by atoms with Gasteiger partial charge in [0.15, 0.2) is 0 Å². The summed E-state index contributed by atoms with van der Waals surface area (Å²) >= 11 is 6.35. The molecule has 2 amide bonds. The van der Waals surface area contributed by atoms with Crippen LogP contribution in [0.2, 0.25) is 0 Å². The standard InChI is InChI=1S/C24H30ClN3O2/c1-3-17(2)26-23(29)20-16-19(12-13-21(20)28-14-8-5-9-15-28)27-24(30)22(25)18-10-6-4-7-11-18/h4,6-7,10-13,16-17,22H,3,5,8-9,14-15H2,1-2H3,(H,26,29)(H,27,30)/t17-,22+/m1/s1.